The van der Waals surface area contributed by atoms with Crippen LogP contribution in [0.1, 0.15) is 106 Å². The van der Waals surface area contributed by atoms with Crippen LogP contribution in [0.25, 0.3) is 0 Å². The van der Waals surface area contributed by atoms with Crippen LogP contribution < -0.4 is 0 Å². The van der Waals surface area contributed by atoms with Gasteiger partial charge in [-0.25, -0.2) is 0 Å². The van der Waals surface area contributed by atoms with Crippen molar-refractivity contribution in [3.8, 4) is 0 Å². The second-order valence-electron chi connectivity index (χ2n) is 13.2. The fourth-order valence-corrected chi connectivity index (χ4v) is 9.53. The summed E-state index contributed by atoms with van der Waals surface area (Å²) in [6, 6.07) is 0. The molecular weight excluding hydrogens is 396 g/mol. The molecule has 4 fully saturated rings. The first-order valence-electron chi connectivity index (χ1n) is 13.9. The molecular formula is C29H48O3. The number of rotatable bonds is 6. The minimum absolute atomic E-state index is 0.0785. The molecule has 32 heavy (non-hydrogen) atoms. The first-order valence-corrected chi connectivity index (χ1v) is 13.9. The zero-order chi connectivity index (χ0) is 23.1. The van der Waals surface area contributed by atoms with E-state index in [2.05, 4.69) is 41.5 Å². The summed E-state index contributed by atoms with van der Waals surface area (Å²) in [6.07, 6.45) is 10.7. The number of hydrogen-bond acceptors (Lipinski definition) is 3. The number of allylic oxidation sites excluding steroid dienone is 1. The van der Waals surface area contributed by atoms with Crippen LogP contribution in [0.2, 0.25) is 0 Å². The molecule has 10 atom stereocenters. The van der Waals surface area contributed by atoms with Gasteiger partial charge in [0.15, 0.2) is 0 Å². The molecule has 182 valence electrons. The van der Waals surface area contributed by atoms with E-state index >= 15 is 0 Å². The molecule has 0 bridgehead atoms. The van der Waals surface area contributed by atoms with Gasteiger partial charge in [0.05, 0.1) is 6.10 Å². The molecule has 1 aliphatic heterocycles. The Hall–Kier alpha value is -0.380. The van der Waals surface area contributed by atoms with Gasteiger partial charge in [-0.15, -0.1) is 0 Å². The number of hydrogen-bond donors (Lipinski definition) is 2. The van der Waals surface area contributed by atoms with E-state index in [1.54, 1.807) is 5.57 Å². The Morgan fingerprint density at radius 3 is 2.47 bits per heavy atom. The summed E-state index contributed by atoms with van der Waals surface area (Å²) in [5.74, 6) is 3.56. The maximum Gasteiger partial charge on any atom is 0.118 e. The summed E-state index contributed by atoms with van der Waals surface area (Å²) in [5.41, 5.74) is 3.06. The molecule has 3 heteroatoms. The molecule has 0 aromatic carbocycles. The van der Waals surface area contributed by atoms with Gasteiger partial charge >= 0.3 is 0 Å². The molecule has 5 rings (SSSR count). The fraction of sp³-hybridized carbons (Fsp3) is 0.931. The summed E-state index contributed by atoms with van der Waals surface area (Å²) >= 11 is 0. The Balaban J connectivity index is 1.41. The van der Waals surface area contributed by atoms with Crippen molar-refractivity contribution < 1.29 is 14.9 Å². The Morgan fingerprint density at radius 2 is 1.78 bits per heavy atom. The molecule has 0 radical (unpaired) electrons. The summed E-state index contributed by atoms with van der Waals surface area (Å²) in [5, 5.41) is 21.9. The lowest BCUT2D eigenvalue weighted by atomic mass is 9.48. The van der Waals surface area contributed by atoms with Gasteiger partial charge < -0.3 is 14.9 Å². The SMILES string of the molecule is CC[C@@H](CC[C@H](C)[C@H]1CCC2=C3[C@H](O)[C@@H]4O[C@@]45C[C@@H](O)CC[C@]5(C)[C@H]3CC[C@@]21C)C(C)C. The second-order valence-corrected chi connectivity index (χ2v) is 13.2. The second kappa shape index (κ2) is 7.82. The van der Waals surface area contributed by atoms with E-state index in [4.69, 9.17) is 4.74 Å². The third-order valence-electron chi connectivity index (χ3n) is 11.7. The van der Waals surface area contributed by atoms with Crippen LogP contribution in [0.5, 0.6) is 0 Å². The Labute approximate surface area is 196 Å². The predicted molar refractivity (Wildman–Crippen MR) is 129 cm³/mol. The maximum atomic E-state index is 11.5. The van der Waals surface area contributed by atoms with Crippen LogP contribution >= 0.6 is 0 Å². The van der Waals surface area contributed by atoms with Crippen molar-refractivity contribution in [3.63, 3.8) is 0 Å². The predicted octanol–water partition coefficient (Wildman–Crippen LogP) is 6.27. The third-order valence-corrected chi connectivity index (χ3v) is 11.7. The first-order chi connectivity index (χ1) is 15.1. The molecule has 0 amide bonds. The van der Waals surface area contributed by atoms with Crippen LogP contribution in [0.15, 0.2) is 11.1 Å². The zero-order valence-electron chi connectivity index (χ0n) is 21.5. The molecule has 1 spiro atoms. The minimum Gasteiger partial charge on any atom is -0.393 e. The van der Waals surface area contributed by atoms with Crippen molar-refractivity contribution >= 4 is 0 Å². The quantitative estimate of drug-likeness (QED) is 0.375. The van der Waals surface area contributed by atoms with E-state index in [0.29, 0.717) is 5.92 Å². The van der Waals surface area contributed by atoms with Crippen molar-refractivity contribution in [2.75, 3.05) is 0 Å². The molecule has 5 aliphatic rings. The van der Waals surface area contributed by atoms with Crippen LogP contribution in [-0.2, 0) is 4.74 Å². The topological polar surface area (TPSA) is 53.0 Å². The number of epoxide rings is 1. The van der Waals surface area contributed by atoms with Gasteiger partial charge in [-0.3, -0.25) is 0 Å². The smallest absolute Gasteiger partial charge is 0.118 e. The lowest BCUT2D eigenvalue weighted by Gasteiger charge is -2.56. The highest BCUT2D eigenvalue weighted by atomic mass is 16.6. The van der Waals surface area contributed by atoms with Crippen molar-refractivity contribution in [1.82, 2.24) is 0 Å². The normalized spacial score (nSPS) is 49.2. The number of fused-ring (bicyclic) bond motifs is 3. The third kappa shape index (κ3) is 3.09. The van der Waals surface area contributed by atoms with E-state index in [1.807, 2.05) is 0 Å². The first kappa shape index (κ1) is 23.4. The molecule has 1 saturated heterocycles. The van der Waals surface area contributed by atoms with Crippen LogP contribution in [0.4, 0.5) is 0 Å². The largest absolute Gasteiger partial charge is 0.393 e. The van der Waals surface area contributed by atoms with Crippen LogP contribution in [0.3, 0.4) is 0 Å². The molecule has 0 aromatic rings. The van der Waals surface area contributed by atoms with E-state index in [1.165, 1.54) is 50.5 Å². The number of aliphatic hydroxyl groups is 2. The monoisotopic (exact) mass is 444 g/mol. The highest BCUT2D eigenvalue weighted by Gasteiger charge is 2.77. The summed E-state index contributed by atoms with van der Waals surface area (Å²) < 4.78 is 6.36. The van der Waals surface area contributed by atoms with E-state index in [-0.39, 0.29) is 28.6 Å². The standard InChI is InChI=1S/C29H48O3/c1-7-19(17(2)3)9-8-18(4)21-10-11-22-24-23(13-14-27(21,22)5)28(6)15-12-20(30)16-29(28)26(32-29)25(24)31/h17-21,23,25-26,30-31H,7-16H2,1-6H3/t18-,19-,20-,21+,23-,25-,26-,27+,28+,29-/m0/s1. The van der Waals surface area contributed by atoms with Gasteiger partial charge in [0, 0.05) is 11.8 Å². The molecule has 2 N–H and O–H groups in total. The summed E-state index contributed by atoms with van der Waals surface area (Å²) in [7, 11) is 0. The van der Waals surface area contributed by atoms with Gasteiger partial charge in [0.1, 0.15) is 17.8 Å². The Morgan fingerprint density at radius 1 is 1.03 bits per heavy atom. The molecule has 3 saturated carbocycles. The Kier molecular flexibility index (Phi) is 5.71. The zero-order valence-corrected chi connectivity index (χ0v) is 21.5. The van der Waals surface area contributed by atoms with Gasteiger partial charge in [-0.2, -0.15) is 0 Å². The van der Waals surface area contributed by atoms with Gasteiger partial charge in [0.25, 0.3) is 0 Å². The van der Waals surface area contributed by atoms with E-state index in [0.717, 1.165) is 42.9 Å². The van der Waals surface area contributed by atoms with Crippen molar-refractivity contribution in [2.24, 2.45) is 40.4 Å². The molecule has 0 unspecified atom stereocenters. The number of ether oxygens (including phenoxy) is 1. The fourth-order valence-electron chi connectivity index (χ4n) is 9.53. The average molecular weight is 445 g/mol. The van der Waals surface area contributed by atoms with Gasteiger partial charge in [-0.1, -0.05) is 60.0 Å². The van der Waals surface area contributed by atoms with Crippen LogP contribution in [-0.4, -0.2) is 34.1 Å². The summed E-state index contributed by atoms with van der Waals surface area (Å²) in [4.78, 5) is 0. The molecule has 1 heterocycles. The lowest BCUT2D eigenvalue weighted by molar-refractivity contribution is -0.0516. The average Bonchev–Trinajstić information content (AvgIpc) is 3.36. The summed E-state index contributed by atoms with van der Waals surface area (Å²) in [6.45, 7) is 14.6. The van der Waals surface area contributed by atoms with Gasteiger partial charge in [-0.05, 0) is 85.5 Å². The minimum atomic E-state index is -0.451. The molecule has 0 aromatic heterocycles. The highest BCUT2D eigenvalue weighted by molar-refractivity contribution is 5.43. The maximum absolute atomic E-state index is 11.5. The lowest BCUT2D eigenvalue weighted by Crippen LogP contribution is -2.57. The highest BCUT2D eigenvalue weighted by Crippen LogP contribution is 2.72. The van der Waals surface area contributed by atoms with E-state index in [9.17, 15) is 10.2 Å². The van der Waals surface area contributed by atoms with Crippen LogP contribution in [0, 0.1) is 40.4 Å². The number of aliphatic hydroxyl groups excluding tert-OH is 2. The van der Waals surface area contributed by atoms with Crippen molar-refractivity contribution in [3.05, 3.63) is 11.1 Å². The van der Waals surface area contributed by atoms with Crippen molar-refractivity contribution in [1.29, 1.82) is 0 Å². The van der Waals surface area contributed by atoms with Gasteiger partial charge in [0.2, 0.25) is 0 Å². The Bertz CT molecular complexity index is 772. The molecule has 3 nitrogen and oxygen atoms in total. The van der Waals surface area contributed by atoms with E-state index < -0.39 is 6.10 Å². The molecule has 4 aliphatic carbocycles. The van der Waals surface area contributed by atoms with Crippen molar-refractivity contribution in [2.45, 2.75) is 130 Å².